The summed E-state index contributed by atoms with van der Waals surface area (Å²) < 4.78 is 0. The zero-order chi connectivity index (χ0) is 8.91. The topological polar surface area (TPSA) is 17.1 Å². The molecule has 0 fully saturated rings. The summed E-state index contributed by atoms with van der Waals surface area (Å²) in [7, 11) is 1.02. The van der Waals surface area contributed by atoms with Gasteiger partial charge in [-0.1, -0.05) is 20.8 Å². The first-order valence-corrected chi connectivity index (χ1v) is 5.64. The van der Waals surface area contributed by atoms with Crippen LogP contribution in [0.1, 0.15) is 46.5 Å². The van der Waals surface area contributed by atoms with Crippen LogP contribution < -0.4 is 0 Å². The average molecular weight is 172 g/mol. The minimum absolute atomic E-state index is 0.0933. The van der Waals surface area contributed by atoms with Gasteiger partial charge in [0, 0.05) is 21.7 Å². The Kier molecular flexibility index (Phi) is 4.65. The van der Waals surface area contributed by atoms with Gasteiger partial charge < -0.3 is 0 Å². The van der Waals surface area contributed by atoms with Crippen LogP contribution in [0, 0.1) is 0 Å². The molecule has 1 nitrogen and oxygen atoms in total. The maximum atomic E-state index is 11.6. The summed E-state index contributed by atoms with van der Waals surface area (Å²) in [5.41, 5.74) is 0. The van der Waals surface area contributed by atoms with Crippen molar-refractivity contribution in [2.45, 2.75) is 51.5 Å². The van der Waals surface area contributed by atoms with Crippen LogP contribution in [0.25, 0.3) is 0 Å². The van der Waals surface area contributed by atoms with Crippen molar-refractivity contribution in [2.24, 2.45) is 0 Å². The quantitative estimate of drug-likeness (QED) is 0.577. The van der Waals surface area contributed by atoms with Gasteiger partial charge in [-0.25, -0.2) is 0 Å². The molecule has 0 heterocycles. The minimum Gasteiger partial charge on any atom is -0.299 e. The molecule has 0 aromatic heterocycles. The molecule has 0 saturated heterocycles. The lowest BCUT2D eigenvalue weighted by atomic mass is 9.94. The number of carbonyl (C=O) groups is 1. The van der Waals surface area contributed by atoms with Gasteiger partial charge in [0.1, 0.15) is 5.78 Å². The molecule has 0 N–H and O–H groups in total. The zero-order valence-corrected chi connectivity index (χ0v) is 10.2. The van der Waals surface area contributed by atoms with E-state index in [1.807, 2.05) is 0 Å². The van der Waals surface area contributed by atoms with Crippen molar-refractivity contribution in [2.75, 3.05) is 0 Å². The van der Waals surface area contributed by atoms with Crippen molar-refractivity contribution in [3.05, 3.63) is 0 Å². The van der Waals surface area contributed by atoms with Gasteiger partial charge in [-0.2, -0.15) is 0 Å². The third kappa shape index (κ3) is 2.77. The van der Waals surface area contributed by atoms with Crippen molar-refractivity contribution in [1.82, 2.24) is 0 Å². The monoisotopic (exact) mass is 172 g/mol. The zero-order valence-electron chi connectivity index (χ0n) is 8.24. The third-order valence-electron chi connectivity index (χ3n) is 2.71. The number of Topliss-reactive ketones (excluding diaryl/α,β-unsaturated/α-hetero) is 1. The van der Waals surface area contributed by atoms with E-state index < -0.39 is 0 Å². The number of carbonyl (C=O) groups excluding carboxylic acids is 1. The Bertz CT molecular complexity index is 128. The highest BCUT2D eigenvalue weighted by Crippen LogP contribution is 2.32. The molecule has 0 amide bonds. The fourth-order valence-electron chi connectivity index (χ4n) is 1.17. The maximum Gasteiger partial charge on any atom is 0.135 e. The molecule has 0 rings (SSSR count). The molecule has 0 aliphatic rings. The molecular formula is C9H20OSi. The second-order valence-electron chi connectivity index (χ2n) is 3.44. The highest BCUT2D eigenvalue weighted by Gasteiger charge is 2.27. The SMILES string of the molecule is CCCC(=O)C([SiH3])(CC)CC. The summed E-state index contributed by atoms with van der Waals surface area (Å²) in [5, 5.41) is 0.0933. The molecule has 0 aromatic rings. The van der Waals surface area contributed by atoms with E-state index in [4.69, 9.17) is 0 Å². The maximum absolute atomic E-state index is 11.6. The number of hydrogen-bond donors (Lipinski definition) is 0. The van der Waals surface area contributed by atoms with Crippen molar-refractivity contribution >= 4 is 16.0 Å². The van der Waals surface area contributed by atoms with E-state index >= 15 is 0 Å². The summed E-state index contributed by atoms with van der Waals surface area (Å²) in [5.74, 6) is 0.497. The predicted molar refractivity (Wildman–Crippen MR) is 53.1 cm³/mol. The van der Waals surface area contributed by atoms with Gasteiger partial charge in [-0.05, 0) is 19.3 Å². The Morgan fingerprint density at radius 1 is 1.27 bits per heavy atom. The van der Waals surface area contributed by atoms with Crippen LogP contribution in [0.3, 0.4) is 0 Å². The summed E-state index contributed by atoms with van der Waals surface area (Å²) in [4.78, 5) is 11.6. The van der Waals surface area contributed by atoms with Crippen LogP contribution in [0.2, 0.25) is 5.04 Å². The Labute approximate surface area is 73.0 Å². The first-order chi connectivity index (χ1) is 5.10. The van der Waals surface area contributed by atoms with Crippen LogP contribution in [-0.2, 0) is 4.79 Å². The molecule has 11 heavy (non-hydrogen) atoms. The molecular weight excluding hydrogens is 152 g/mol. The molecule has 66 valence electrons. The van der Waals surface area contributed by atoms with E-state index in [9.17, 15) is 4.79 Å². The second kappa shape index (κ2) is 4.70. The molecule has 0 unspecified atom stereocenters. The van der Waals surface area contributed by atoms with Gasteiger partial charge in [-0.15, -0.1) is 0 Å². The highest BCUT2D eigenvalue weighted by molar-refractivity contribution is 6.28. The van der Waals surface area contributed by atoms with Crippen molar-refractivity contribution < 1.29 is 4.79 Å². The van der Waals surface area contributed by atoms with E-state index in [1.54, 1.807) is 0 Å². The average Bonchev–Trinajstić information content (AvgIpc) is 2.03. The van der Waals surface area contributed by atoms with Crippen molar-refractivity contribution in [3.8, 4) is 0 Å². The van der Waals surface area contributed by atoms with E-state index in [2.05, 4.69) is 20.8 Å². The van der Waals surface area contributed by atoms with E-state index in [-0.39, 0.29) is 5.04 Å². The van der Waals surface area contributed by atoms with Gasteiger partial charge in [0.2, 0.25) is 0 Å². The number of rotatable bonds is 5. The highest BCUT2D eigenvalue weighted by atomic mass is 28.1. The number of hydrogen-bond acceptors (Lipinski definition) is 1. The lowest BCUT2D eigenvalue weighted by Gasteiger charge is -2.24. The first kappa shape index (κ1) is 10.9. The van der Waals surface area contributed by atoms with Gasteiger partial charge in [0.25, 0.3) is 0 Å². The largest absolute Gasteiger partial charge is 0.299 e. The molecule has 0 spiro atoms. The van der Waals surface area contributed by atoms with Gasteiger partial charge in [0.05, 0.1) is 0 Å². The second-order valence-corrected chi connectivity index (χ2v) is 5.36. The van der Waals surface area contributed by atoms with Crippen LogP contribution in [0.15, 0.2) is 0 Å². The molecule has 0 atom stereocenters. The predicted octanol–water partition coefficient (Wildman–Crippen LogP) is 1.70. The molecule has 0 aliphatic carbocycles. The Morgan fingerprint density at radius 2 is 1.73 bits per heavy atom. The van der Waals surface area contributed by atoms with Crippen LogP contribution in [0.5, 0.6) is 0 Å². The van der Waals surface area contributed by atoms with Crippen LogP contribution in [-0.4, -0.2) is 16.0 Å². The summed E-state index contributed by atoms with van der Waals surface area (Å²) in [6.45, 7) is 6.33. The Balaban J connectivity index is 4.12. The molecule has 0 radical (unpaired) electrons. The lowest BCUT2D eigenvalue weighted by Crippen LogP contribution is -2.22. The molecule has 0 bridgehead atoms. The van der Waals surface area contributed by atoms with Crippen molar-refractivity contribution in [3.63, 3.8) is 0 Å². The fourth-order valence-corrected chi connectivity index (χ4v) is 1.42. The number of ketones is 1. The first-order valence-electron chi connectivity index (χ1n) is 4.64. The third-order valence-corrected chi connectivity index (χ3v) is 4.68. The van der Waals surface area contributed by atoms with Crippen molar-refractivity contribution in [1.29, 1.82) is 0 Å². The standard InChI is InChI=1S/C9H20OSi/c1-4-7-8(10)9(11,5-2)6-3/h4-7H2,1-3,11H3. The summed E-state index contributed by atoms with van der Waals surface area (Å²) in [6, 6.07) is 0. The van der Waals surface area contributed by atoms with Crippen LogP contribution >= 0.6 is 0 Å². The van der Waals surface area contributed by atoms with E-state index in [1.165, 1.54) is 0 Å². The Hall–Kier alpha value is -0.113. The van der Waals surface area contributed by atoms with Gasteiger partial charge in [-0.3, -0.25) is 4.79 Å². The normalized spacial score (nSPS) is 11.9. The molecule has 0 aromatic carbocycles. The molecule has 0 saturated carbocycles. The molecule has 0 aliphatic heterocycles. The van der Waals surface area contributed by atoms with Crippen LogP contribution in [0.4, 0.5) is 0 Å². The van der Waals surface area contributed by atoms with Gasteiger partial charge in [0.15, 0.2) is 0 Å². The summed E-state index contributed by atoms with van der Waals surface area (Å²) in [6.07, 6.45) is 3.86. The van der Waals surface area contributed by atoms with E-state index in [0.717, 1.165) is 35.9 Å². The van der Waals surface area contributed by atoms with E-state index in [0.29, 0.717) is 5.78 Å². The Morgan fingerprint density at radius 3 is 2.00 bits per heavy atom. The van der Waals surface area contributed by atoms with Gasteiger partial charge >= 0.3 is 0 Å². The smallest absolute Gasteiger partial charge is 0.135 e. The molecule has 2 heteroatoms. The fraction of sp³-hybridized carbons (Fsp3) is 0.889. The lowest BCUT2D eigenvalue weighted by molar-refractivity contribution is -0.122. The summed E-state index contributed by atoms with van der Waals surface area (Å²) >= 11 is 0. The minimum atomic E-state index is 0.0933.